The van der Waals surface area contributed by atoms with Gasteiger partial charge in [0.2, 0.25) is 16.5 Å². The number of anilines is 1. The summed E-state index contributed by atoms with van der Waals surface area (Å²) in [6, 6.07) is 4.92. The highest BCUT2D eigenvalue weighted by Crippen LogP contribution is 2.36. The van der Waals surface area contributed by atoms with E-state index in [4.69, 9.17) is 27.9 Å². The molecule has 0 amide bonds. The largest absolute Gasteiger partial charge is 0.459 e. The summed E-state index contributed by atoms with van der Waals surface area (Å²) in [5.41, 5.74) is 0.349. The van der Waals surface area contributed by atoms with Gasteiger partial charge in [0.05, 0.1) is 0 Å². The van der Waals surface area contributed by atoms with Crippen LogP contribution in [0.25, 0.3) is 0 Å². The van der Waals surface area contributed by atoms with E-state index in [0.29, 0.717) is 23.8 Å². The number of carbonyl (C=O) groups excluding carboxylic acids is 1. The van der Waals surface area contributed by atoms with Crippen molar-refractivity contribution in [3.05, 3.63) is 40.1 Å². The van der Waals surface area contributed by atoms with Gasteiger partial charge in [-0.15, -0.1) is 11.8 Å². The van der Waals surface area contributed by atoms with Crippen molar-refractivity contribution in [1.29, 1.82) is 0 Å². The normalized spacial score (nSPS) is 12.0. The number of aryl methyl sites for hydroxylation is 1. The highest BCUT2D eigenvalue weighted by atomic mass is 35.5. The smallest absolute Gasteiger partial charge is 0.322 e. The molecule has 30 heavy (non-hydrogen) atoms. The van der Waals surface area contributed by atoms with Crippen LogP contribution in [0.5, 0.6) is 0 Å². The summed E-state index contributed by atoms with van der Waals surface area (Å²) in [4.78, 5) is 24.4. The molecule has 1 aromatic heterocycles. The number of hydrogen-bond donors (Lipinski definition) is 1. The second-order valence-electron chi connectivity index (χ2n) is 8.11. The summed E-state index contributed by atoms with van der Waals surface area (Å²) in [5, 5.41) is 3.06. The van der Waals surface area contributed by atoms with E-state index < -0.39 is 10.3 Å². The molecular weight excluding hydrogens is 450 g/mol. The molecular formula is C20H25Cl2FN4O2S. The molecule has 10 heteroatoms. The fourth-order valence-electron chi connectivity index (χ4n) is 2.40. The minimum Gasteiger partial charge on any atom is -0.459 e. The average Bonchev–Trinajstić information content (AvgIpc) is 2.59. The van der Waals surface area contributed by atoms with Crippen LogP contribution in [0, 0.1) is 5.82 Å². The minimum atomic E-state index is -0.925. The van der Waals surface area contributed by atoms with E-state index in [1.807, 2.05) is 0 Å². The Balaban J connectivity index is 1.96. The first kappa shape index (κ1) is 24.6. The summed E-state index contributed by atoms with van der Waals surface area (Å²) in [6.07, 6.45) is 1.44. The van der Waals surface area contributed by atoms with Crippen molar-refractivity contribution in [2.75, 3.05) is 11.9 Å². The summed E-state index contributed by atoms with van der Waals surface area (Å²) in [7, 11) is 0. The lowest BCUT2D eigenvalue weighted by molar-refractivity contribution is -0.156. The Morgan fingerprint density at radius 3 is 2.37 bits per heavy atom. The Hall–Kier alpha value is -1.64. The molecule has 1 heterocycles. The minimum absolute atomic E-state index is 0.0188. The topological polar surface area (TPSA) is 77.0 Å². The molecule has 2 aromatic rings. The first-order valence-electron chi connectivity index (χ1n) is 9.37. The Kier molecular flexibility index (Phi) is 8.30. The van der Waals surface area contributed by atoms with Crippen molar-refractivity contribution >= 4 is 46.9 Å². The third-order valence-electron chi connectivity index (χ3n) is 3.76. The summed E-state index contributed by atoms with van der Waals surface area (Å²) >= 11 is 12.6. The monoisotopic (exact) mass is 474 g/mol. The maximum atomic E-state index is 14.4. The molecule has 0 atom stereocenters. The molecule has 0 aliphatic rings. The van der Waals surface area contributed by atoms with Crippen LogP contribution in [-0.4, -0.2) is 37.8 Å². The Morgan fingerprint density at radius 2 is 1.77 bits per heavy atom. The molecule has 0 aliphatic carbocycles. The van der Waals surface area contributed by atoms with Gasteiger partial charge in [-0.3, -0.25) is 4.79 Å². The lowest BCUT2D eigenvalue weighted by atomic mass is 10.1. The van der Waals surface area contributed by atoms with Gasteiger partial charge in [-0.2, -0.15) is 15.0 Å². The number of aromatic nitrogens is 3. The number of ether oxygens (including phenoxy) is 1. The maximum Gasteiger partial charge on any atom is 0.322 e. The van der Waals surface area contributed by atoms with Gasteiger partial charge in [0.25, 0.3) is 0 Å². The van der Waals surface area contributed by atoms with Gasteiger partial charge in [0.15, 0.2) is 0 Å². The molecule has 0 saturated heterocycles. The molecule has 0 bridgehead atoms. The SMILES string of the molecule is CC(C)(C)OC(=O)C(C)(C)Sc1cc(CCCNc2nc(Cl)nc(Cl)n2)ccc1F. The third-order valence-corrected chi connectivity index (χ3v) is 5.31. The van der Waals surface area contributed by atoms with Gasteiger partial charge in [-0.25, -0.2) is 4.39 Å². The molecule has 0 aliphatic heterocycles. The Morgan fingerprint density at radius 1 is 1.13 bits per heavy atom. The molecule has 164 valence electrons. The molecule has 0 saturated carbocycles. The molecule has 1 N–H and O–H groups in total. The molecule has 0 spiro atoms. The average molecular weight is 475 g/mol. The van der Waals surface area contributed by atoms with E-state index in [2.05, 4.69) is 20.3 Å². The van der Waals surface area contributed by atoms with E-state index in [1.54, 1.807) is 46.8 Å². The highest BCUT2D eigenvalue weighted by molar-refractivity contribution is 8.01. The fourth-order valence-corrected chi connectivity index (χ4v) is 3.81. The van der Waals surface area contributed by atoms with Gasteiger partial charge < -0.3 is 10.1 Å². The van der Waals surface area contributed by atoms with Crippen LogP contribution in [0.1, 0.15) is 46.6 Å². The quantitative estimate of drug-likeness (QED) is 0.304. The number of carbonyl (C=O) groups is 1. The van der Waals surface area contributed by atoms with Crippen LogP contribution in [0.2, 0.25) is 10.6 Å². The molecule has 0 fully saturated rings. The number of benzene rings is 1. The molecule has 6 nitrogen and oxygen atoms in total. The summed E-state index contributed by atoms with van der Waals surface area (Å²) < 4.78 is 18.9. The Labute approximate surface area is 190 Å². The van der Waals surface area contributed by atoms with Crippen LogP contribution >= 0.6 is 35.0 Å². The molecule has 0 unspecified atom stereocenters. The van der Waals surface area contributed by atoms with Crippen molar-refractivity contribution in [2.24, 2.45) is 0 Å². The van der Waals surface area contributed by atoms with Gasteiger partial charge in [-0.05, 0) is 88.4 Å². The van der Waals surface area contributed by atoms with Crippen LogP contribution < -0.4 is 5.32 Å². The third kappa shape index (κ3) is 7.89. The second-order valence-corrected chi connectivity index (χ2v) is 10.4. The van der Waals surface area contributed by atoms with Crippen molar-refractivity contribution < 1.29 is 13.9 Å². The summed E-state index contributed by atoms with van der Waals surface area (Å²) in [6.45, 7) is 9.44. The van der Waals surface area contributed by atoms with Crippen molar-refractivity contribution in [3.8, 4) is 0 Å². The standard InChI is InChI=1S/C20H25Cl2FN4O2S/c1-19(2,3)29-15(28)20(4,5)30-14-11-12(8-9-13(14)23)7-6-10-24-18-26-16(21)25-17(22)27-18/h8-9,11H,6-7,10H2,1-5H3,(H,24,25,26,27). The van der Waals surface area contributed by atoms with Crippen LogP contribution in [0.15, 0.2) is 23.1 Å². The van der Waals surface area contributed by atoms with Gasteiger partial charge in [0, 0.05) is 11.4 Å². The lowest BCUT2D eigenvalue weighted by Gasteiger charge is -2.28. The second kappa shape index (κ2) is 10.1. The number of nitrogens with one attached hydrogen (secondary N) is 1. The van der Waals surface area contributed by atoms with Crippen LogP contribution in [0.3, 0.4) is 0 Å². The molecule has 1 aromatic carbocycles. The predicted octanol–water partition coefficient (Wildman–Crippen LogP) is 5.57. The number of hydrogen-bond acceptors (Lipinski definition) is 7. The first-order chi connectivity index (χ1) is 13.9. The van der Waals surface area contributed by atoms with Crippen molar-refractivity contribution in [3.63, 3.8) is 0 Å². The van der Waals surface area contributed by atoms with E-state index in [1.165, 1.54) is 6.07 Å². The molecule has 0 radical (unpaired) electrons. The van der Waals surface area contributed by atoms with Crippen LogP contribution in [-0.2, 0) is 16.0 Å². The maximum absolute atomic E-state index is 14.4. The molecule has 2 rings (SSSR count). The number of thioether (sulfide) groups is 1. The fraction of sp³-hybridized carbons (Fsp3) is 0.500. The van der Waals surface area contributed by atoms with E-state index in [9.17, 15) is 9.18 Å². The number of nitrogens with zero attached hydrogens (tertiary/aromatic N) is 3. The predicted molar refractivity (Wildman–Crippen MR) is 119 cm³/mol. The number of esters is 1. The van der Waals surface area contributed by atoms with E-state index in [0.717, 1.165) is 23.7 Å². The van der Waals surface area contributed by atoms with E-state index >= 15 is 0 Å². The zero-order valence-electron chi connectivity index (χ0n) is 17.6. The van der Waals surface area contributed by atoms with Crippen molar-refractivity contribution in [2.45, 2.75) is 62.7 Å². The van der Waals surface area contributed by atoms with Crippen LogP contribution in [0.4, 0.5) is 10.3 Å². The van der Waals surface area contributed by atoms with Gasteiger partial charge >= 0.3 is 5.97 Å². The highest BCUT2D eigenvalue weighted by Gasteiger charge is 2.34. The number of rotatable bonds is 8. The zero-order chi connectivity index (χ0) is 22.5. The van der Waals surface area contributed by atoms with E-state index in [-0.39, 0.29) is 22.4 Å². The first-order valence-corrected chi connectivity index (χ1v) is 10.9. The van der Waals surface area contributed by atoms with Crippen molar-refractivity contribution in [1.82, 2.24) is 15.0 Å². The summed E-state index contributed by atoms with van der Waals surface area (Å²) in [5.74, 6) is -0.453. The van der Waals surface area contributed by atoms with Gasteiger partial charge in [0.1, 0.15) is 16.2 Å². The zero-order valence-corrected chi connectivity index (χ0v) is 19.9. The lowest BCUT2D eigenvalue weighted by Crippen LogP contribution is -2.36. The Bertz CT molecular complexity index is 887. The van der Waals surface area contributed by atoms with Gasteiger partial charge in [-0.1, -0.05) is 6.07 Å². The number of halogens is 3.